The van der Waals surface area contributed by atoms with Gasteiger partial charge in [-0.3, -0.25) is 0 Å². The molecule has 0 aromatic heterocycles. The first-order valence-corrected chi connectivity index (χ1v) is 23.5. The lowest BCUT2D eigenvalue weighted by molar-refractivity contribution is 0.332. The van der Waals surface area contributed by atoms with E-state index in [4.69, 9.17) is 9.98 Å². The summed E-state index contributed by atoms with van der Waals surface area (Å²) in [6, 6.07) is 59.1. The normalized spacial score (nSPS) is 20.7. The molecule has 0 amide bonds. The van der Waals surface area contributed by atoms with Gasteiger partial charge in [0.2, 0.25) is 0 Å². The van der Waals surface area contributed by atoms with Crippen LogP contribution in [0.1, 0.15) is 97.8 Å². The Bertz CT molecular complexity index is 3310. The lowest BCUT2D eigenvalue weighted by atomic mass is 9.65. The molecule has 3 aliphatic heterocycles. The molecule has 67 heavy (non-hydrogen) atoms. The van der Waals surface area contributed by atoms with Crippen molar-refractivity contribution in [2.45, 2.75) is 70.0 Å². The second-order valence-corrected chi connectivity index (χ2v) is 20.2. The summed E-state index contributed by atoms with van der Waals surface area (Å²) in [5, 5.41) is 15.3. The van der Waals surface area contributed by atoms with E-state index in [0.717, 1.165) is 45.1 Å². The van der Waals surface area contributed by atoms with Crippen LogP contribution in [0.5, 0.6) is 0 Å². The molecule has 3 atom stereocenters. The van der Waals surface area contributed by atoms with Gasteiger partial charge in [0, 0.05) is 39.0 Å². The average molecular weight is 869 g/mol. The van der Waals surface area contributed by atoms with Crippen molar-refractivity contribution in [3.8, 4) is 17.2 Å². The summed E-state index contributed by atoms with van der Waals surface area (Å²) in [6.45, 7) is 14.0. The van der Waals surface area contributed by atoms with Crippen LogP contribution in [0.15, 0.2) is 192 Å². The third-order valence-corrected chi connectivity index (χ3v) is 15.4. The summed E-state index contributed by atoms with van der Waals surface area (Å²) in [6.07, 6.45) is 8.51. The molecule has 5 aliphatic rings. The zero-order valence-corrected chi connectivity index (χ0v) is 38.8. The predicted octanol–water partition coefficient (Wildman–Crippen LogP) is 14.0. The fourth-order valence-corrected chi connectivity index (χ4v) is 11.9. The van der Waals surface area contributed by atoms with Gasteiger partial charge in [0.05, 0.1) is 34.4 Å². The maximum atomic E-state index is 11.5. The van der Waals surface area contributed by atoms with E-state index in [1.165, 1.54) is 38.9 Å². The Morgan fingerprint density at radius 1 is 0.537 bits per heavy atom. The molecule has 6 nitrogen and oxygen atoms in total. The zero-order chi connectivity index (χ0) is 45.8. The first-order valence-electron chi connectivity index (χ1n) is 23.5. The number of aliphatic imine (C=N–C) groups is 2. The van der Waals surface area contributed by atoms with Crippen LogP contribution in [0, 0.1) is 17.2 Å². The van der Waals surface area contributed by atoms with Crippen LogP contribution in [0.25, 0.3) is 11.1 Å². The largest absolute Gasteiger partial charge is 0.344 e. The number of benzene rings is 7. The van der Waals surface area contributed by atoms with Crippen LogP contribution in [-0.4, -0.2) is 17.7 Å². The Hall–Kier alpha value is -7.75. The third-order valence-electron chi connectivity index (χ3n) is 15.4. The topological polar surface area (TPSA) is 67.0 Å². The number of allylic oxidation sites excluding steroid dienone is 2. The molecule has 0 bridgehead atoms. The van der Waals surface area contributed by atoms with Crippen LogP contribution in [-0.2, 0) is 16.2 Å². The van der Waals surface area contributed by atoms with Crippen molar-refractivity contribution in [2.24, 2.45) is 15.9 Å². The maximum absolute atomic E-state index is 11.5. The number of para-hydroxylation sites is 3. The number of rotatable bonds is 5. The van der Waals surface area contributed by atoms with Gasteiger partial charge in [-0.2, -0.15) is 5.26 Å². The van der Waals surface area contributed by atoms with E-state index in [-0.39, 0.29) is 28.2 Å². The summed E-state index contributed by atoms with van der Waals surface area (Å²) < 4.78 is 0. The molecule has 7 aromatic rings. The fourth-order valence-electron chi connectivity index (χ4n) is 11.9. The Balaban J connectivity index is 1.11. The summed E-state index contributed by atoms with van der Waals surface area (Å²) >= 11 is 0. The van der Waals surface area contributed by atoms with Crippen LogP contribution < -0.4 is 15.1 Å². The second-order valence-electron chi connectivity index (χ2n) is 20.2. The predicted molar refractivity (Wildman–Crippen MR) is 275 cm³/mol. The van der Waals surface area contributed by atoms with E-state index in [2.05, 4.69) is 227 Å². The van der Waals surface area contributed by atoms with Crippen LogP contribution in [0.2, 0.25) is 0 Å². The molecule has 0 saturated carbocycles. The van der Waals surface area contributed by atoms with Crippen molar-refractivity contribution in [2.75, 3.05) is 9.80 Å². The van der Waals surface area contributed by atoms with E-state index in [0.29, 0.717) is 17.2 Å². The molecule has 0 saturated heterocycles. The number of nitrogens with zero attached hydrogens (tertiary/aromatic N) is 5. The molecule has 7 aromatic carbocycles. The molecule has 0 spiro atoms. The molecular weight excluding hydrogens is 817 g/mol. The zero-order valence-electron chi connectivity index (χ0n) is 38.8. The summed E-state index contributed by atoms with van der Waals surface area (Å²) in [5.41, 5.74) is 16.7. The van der Waals surface area contributed by atoms with E-state index >= 15 is 0 Å². The third kappa shape index (κ3) is 6.07. The smallest absolute Gasteiger partial charge is 0.159 e. The van der Waals surface area contributed by atoms with Gasteiger partial charge in [-0.15, -0.1) is 0 Å². The van der Waals surface area contributed by atoms with Crippen LogP contribution in [0.3, 0.4) is 0 Å². The number of anilines is 5. The van der Waals surface area contributed by atoms with Crippen molar-refractivity contribution in [1.29, 1.82) is 5.26 Å². The van der Waals surface area contributed by atoms with Gasteiger partial charge < -0.3 is 15.1 Å². The SMILES string of the molecule is CC1(C)c2ccccc2-c2cc(C3N=C(c4ccccc4)N=C(c4cc(C#N)c(N5c6ccccc6C(C)(C)C6C=CC=CC65)cc4N4c5ccccc5C(C)(C)c5ccccc54)N3)ccc21. The number of amidine groups is 2. The Kier molecular flexibility index (Phi) is 9.05. The molecule has 12 rings (SSSR count). The fraction of sp³-hybridized carbons (Fsp3) is 0.197. The minimum absolute atomic E-state index is 0.0261. The van der Waals surface area contributed by atoms with E-state index in [1.54, 1.807) is 0 Å². The van der Waals surface area contributed by atoms with Crippen molar-refractivity contribution < 1.29 is 0 Å². The van der Waals surface area contributed by atoms with Crippen molar-refractivity contribution in [3.63, 3.8) is 0 Å². The molecular formula is C61H52N6. The van der Waals surface area contributed by atoms with E-state index in [9.17, 15) is 5.26 Å². The van der Waals surface area contributed by atoms with Gasteiger partial charge in [0.1, 0.15) is 18.1 Å². The van der Waals surface area contributed by atoms with Gasteiger partial charge in [-0.05, 0) is 80.9 Å². The first-order chi connectivity index (χ1) is 32.5. The average Bonchev–Trinajstić information content (AvgIpc) is 3.59. The van der Waals surface area contributed by atoms with Gasteiger partial charge in [0.15, 0.2) is 5.84 Å². The minimum Gasteiger partial charge on any atom is -0.344 e. The van der Waals surface area contributed by atoms with Gasteiger partial charge >= 0.3 is 0 Å². The van der Waals surface area contributed by atoms with Crippen molar-refractivity contribution in [3.05, 3.63) is 232 Å². The highest BCUT2D eigenvalue weighted by Gasteiger charge is 2.46. The molecule has 6 heteroatoms. The van der Waals surface area contributed by atoms with Crippen molar-refractivity contribution >= 4 is 40.1 Å². The molecule has 326 valence electrons. The molecule has 1 N–H and O–H groups in total. The first kappa shape index (κ1) is 40.7. The Morgan fingerprint density at radius 3 is 1.85 bits per heavy atom. The lowest BCUT2D eigenvalue weighted by Crippen LogP contribution is -2.50. The lowest BCUT2D eigenvalue weighted by Gasteiger charge is -2.51. The number of hydrogen-bond acceptors (Lipinski definition) is 6. The van der Waals surface area contributed by atoms with Gasteiger partial charge in [0.25, 0.3) is 0 Å². The van der Waals surface area contributed by atoms with Gasteiger partial charge in [-0.1, -0.05) is 187 Å². The number of nitrogens with one attached hydrogen (secondary N) is 1. The standard InChI is InChI=1S/C61H52N6/c1-59(2)44-23-11-10-22-41(44)42-34-39(32-33-45(42)59)57-63-56(38-20-8-7-9-21-38)64-58(65-57)43-35-40(37-62)54(66-50-28-16-12-24-46(50)60(3,4)47-25-13-17-29-51(47)66)36-55(43)67-52-30-18-14-26-48(52)61(5,6)49-27-15-19-31-53(49)67/h7-36,46,50,57H,1-6H3,(H,63,64,65). The summed E-state index contributed by atoms with van der Waals surface area (Å²) in [4.78, 5) is 15.7. The number of nitriles is 1. The quantitative estimate of drug-likeness (QED) is 0.187. The summed E-state index contributed by atoms with van der Waals surface area (Å²) in [7, 11) is 0. The molecule has 0 radical (unpaired) electrons. The highest BCUT2D eigenvalue weighted by Crippen LogP contribution is 2.56. The molecule has 2 aliphatic carbocycles. The van der Waals surface area contributed by atoms with Crippen molar-refractivity contribution in [1.82, 2.24) is 5.32 Å². The molecule has 3 heterocycles. The molecule has 3 unspecified atom stereocenters. The summed E-state index contributed by atoms with van der Waals surface area (Å²) in [5.74, 6) is 1.44. The second kappa shape index (κ2) is 14.9. The van der Waals surface area contributed by atoms with Gasteiger partial charge in [-0.25, -0.2) is 9.98 Å². The molecule has 0 fully saturated rings. The number of hydrogen-bond donors (Lipinski definition) is 1. The Morgan fingerprint density at radius 2 is 1.13 bits per heavy atom. The Labute approximate surface area is 394 Å². The van der Waals surface area contributed by atoms with Crippen LogP contribution in [0.4, 0.5) is 28.4 Å². The highest BCUT2D eigenvalue weighted by molar-refractivity contribution is 6.16. The highest BCUT2D eigenvalue weighted by atomic mass is 15.2. The monoisotopic (exact) mass is 868 g/mol. The van der Waals surface area contributed by atoms with E-state index in [1.807, 2.05) is 18.2 Å². The number of fused-ring (bicyclic) bond motifs is 7. The van der Waals surface area contributed by atoms with Crippen LogP contribution >= 0.6 is 0 Å². The van der Waals surface area contributed by atoms with E-state index < -0.39 is 6.17 Å². The minimum atomic E-state index is -0.474. The maximum Gasteiger partial charge on any atom is 0.159 e.